The van der Waals surface area contributed by atoms with Gasteiger partial charge in [0.25, 0.3) is 5.91 Å². The molecule has 5 aromatic rings. The molecule has 2 aliphatic heterocycles. The van der Waals surface area contributed by atoms with Gasteiger partial charge in [0.1, 0.15) is 16.2 Å². The zero-order chi connectivity index (χ0) is 23.7. The number of nitrogens with zero attached hydrogens (tertiary/aromatic N) is 1. The highest BCUT2D eigenvalue weighted by molar-refractivity contribution is 7.83. The van der Waals surface area contributed by atoms with Crippen molar-refractivity contribution in [3.05, 3.63) is 130 Å². The van der Waals surface area contributed by atoms with Crippen LogP contribution in [0.3, 0.4) is 0 Å². The van der Waals surface area contributed by atoms with Crippen LogP contribution in [0.4, 0.5) is 0 Å². The summed E-state index contributed by atoms with van der Waals surface area (Å²) >= 11 is 0. The zero-order valence-corrected chi connectivity index (χ0v) is 19.5. The summed E-state index contributed by atoms with van der Waals surface area (Å²) in [5.41, 5.74) is 5.36. The van der Waals surface area contributed by atoms with Crippen LogP contribution in [0.5, 0.6) is 0 Å². The number of terminal acetylenes is 1. The monoisotopic (exact) mass is 469 g/mol. The van der Waals surface area contributed by atoms with Gasteiger partial charge in [-0.05, 0) is 92.3 Å². The van der Waals surface area contributed by atoms with E-state index in [2.05, 4.69) is 54.5 Å². The molecule has 166 valence electrons. The molecule has 0 aromatic heterocycles. The first-order valence-electron chi connectivity index (χ1n) is 11.5. The van der Waals surface area contributed by atoms with Gasteiger partial charge < -0.3 is 0 Å². The Labute approximate surface area is 205 Å². The molecule has 1 atom stereocenters. The summed E-state index contributed by atoms with van der Waals surface area (Å²) in [7, 11) is -1.57. The van der Waals surface area contributed by atoms with Gasteiger partial charge in [-0.25, -0.2) is 8.51 Å². The molecule has 0 spiro atoms. The van der Waals surface area contributed by atoms with Crippen LogP contribution in [-0.4, -0.2) is 14.4 Å². The third-order valence-electron chi connectivity index (χ3n) is 7.19. The lowest BCUT2D eigenvalue weighted by Gasteiger charge is -2.46. The van der Waals surface area contributed by atoms with Crippen LogP contribution < -0.4 is 0 Å². The fraction of sp³-hybridized carbons (Fsp3) is 0.0645. The van der Waals surface area contributed by atoms with Gasteiger partial charge in [-0.1, -0.05) is 54.5 Å². The Morgan fingerprint density at radius 3 is 1.63 bits per heavy atom. The Morgan fingerprint density at radius 1 is 0.714 bits per heavy atom. The van der Waals surface area contributed by atoms with Gasteiger partial charge in [-0.2, -0.15) is 0 Å². The first kappa shape index (κ1) is 20.2. The van der Waals surface area contributed by atoms with E-state index in [1.165, 1.54) is 0 Å². The minimum Gasteiger partial charge on any atom is -0.268 e. The number of benzene rings is 5. The van der Waals surface area contributed by atoms with Gasteiger partial charge in [0, 0.05) is 11.1 Å². The van der Waals surface area contributed by atoms with E-state index in [0.29, 0.717) is 11.1 Å². The van der Waals surface area contributed by atoms with Crippen molar-refractivity contribution in [1.82, 2.24) is 4.31 Å². The van der Waals surface area contributed by atoms with E-state index in [4.69, 9.17) is 6.42 Å². The summed E-state index contributed by atoms with van der Waals surface area (Å²) in [6.07, 6.45) is 5.49. The standard InChI is InChI=1S/C31H19NO2S/c1-2-19-11-13-20(14-12-19)31(33)32-29-25-15-21-7-3-5-9-23(21)17-27(25)30(35(32)34)28-18-24-10-6-4-8-22(24)16-26(28)29/h1,3-18,29-30H. The SMILES string of the molecule is C#Cc1ccc(C(=O)N2C3c4cc5ccccc5cc4C(c4cc5ccccc5cc43)S2=O)cc1. The minimum atomic E-state index is -1.57. The van der Waals surface area contributed by atoms with Gasteiger partial charge in [-0.3, -0.25) is 4.79 Å². The van der Waals surface area contributed by atoms with Gasteiger partial charge in [0.2, 0.25) is 0 Å². The third kappa shape index (κ3) is 2.86. The minimum absolute atomic E-state index is 0.250. The Morgan fingerprint density at radius 2 is 1.17 bits per heavy atom. The maximum absolute atomic E-state index is 14.1. The first-order chi connectivity index (χ1) is 17.1. The molecule has 35 heavy (non-hydrogen) atoms. The molecular formula is C31H19NO2S. The van der Waals surface area contributed by atoms with Crippen LogP contribution in [0.25, 0.3) is 21.5 Å². The molecule has 2 bridgehead atoms. The molecule has 1 aliphatic carbocycles. The summed E-state index contributed by atoms with van der Waals surface area (Å²) in [4.78, 5) is 13.8. The second-order valence-corrected chi connectivity index (χ2v) is 10.5. The lowest BCUT2D eigenvalue weighted by Crippen LogP contribution is -2.47. The van der Waals surface area contributed by atoms with Crippen LogP contribution >= 0.6 is 0 Å². The molecule has 2 heterocycles. The van der Waals surface area contributed by atoms with Crippen molar-refractivity contribution < 1.29 is 9.00 Å². The van der Waals surface area contributed by atoms with E-state index in [1.807, 2.05) is 24.3 Å². The van der Waals surface area contributed by atoms with Crippen LogP contribution in [0.2, 0.25) is 0 Å². The molecule has 3 aliphatic rings. The molecule has 0 radical (unpaired) electrons. The Hall–Kier alpha value is -4.20. The molecule has 1 amide bonds. The number of hydrogen-bond acceptors (Lipinski definition) is 2. The largest absolute Gasteiger partial charge is 0.268 e. The van der Waals surface area contributed by atoms with E-state index < -0.39 is 22.3 Å². The predicted molar refractivity (Wildman–Crippen MR) is 140 cm³/mol. The predicted octanol–water partition coefficient (Wildman–Crippen LogP) is 6.29. The van der Waals surface area contributed by atoms with Crippen molar-refractivity contribution in [2.24, 2.45) is 0 Å². The zero-order valence-electron chi connectivity index (χ0n) is 18.6. The van der Waals surface area contributed by atoms with Crippen molar-refractivity contribution in [3.8, 4) is 12.3 Å². The topological polar surface area (TPSA) is 37.4 Å². The molecule has 4 heteroatoms. The van der Waals surface area contributed by atoms with Gasteiger partial charge in [0.15, 0.2) is 0 Å². The number of fused-ring (bicyclic) bond motifs is 3. The molecule has 0 saturated carbocycles. The molecule has 5 aromatic carbocycles. The summed E-state index contributed by atoms with van der Waals surface area (Å²) in [6, 6.07) is 31.6. The number of carbonyl (C=O) groups excluding carboxylic acids is 1. The molecular weight excluding hydrogens is 450 g/mol. The highest BCUT2D eigenvalue weighted by Gasteiger charge is 2.49. The second kappa shape index (κ2) is 7.40. The number of rotatable bonds is 1. The van der Waals surface area contributed by atoms with Crippen LogP contribution in [0.15, 0.2) is 97.1 Å². The maximum atomic E-state index is 14.1. The van der Waals surface area contributed by atoms with Gasteiger partial charge in [0.05, 0.1) is 6.04 Å². The summed E-state index contributed by atoms with van der Waals surface area (Å²) in [5.74, 6) is 2.33. The molecule has 3 nitrogen and oxygen atoms in total. The average molecular weight is 470 g/mol. The van der Waals surface area contributed by atoms with Crippen LogP contribution in [-0.2, 0) is 11.0 Å². The normalized spacial score (nSPS) is 19.9. The van der Waals surface area contributed by atoms with E-state index in [-0.39, 0.29) is 5.91 Å². The first-order valence-corrected chi connectivity index (χ1v) is 12.7. The van der Waals surface area contributed by atoms with Crippen molar-refractivity contribution in [1.29, 1.82) is 0 Å². The molecule has 1 unspecified atom stereocenters. The smallest absolute Gasteiger partial charge is 0.266 e. The quantitative estimate of drug-likeness (QED) is 0.271. The van der Waals surface area contributed by atoms with E-state index >= 15 is 0 Å². The van der Waals surface area contributed by atoms with Gasteiger partial charge >= 0.3 is 0 Å². The number of amides is 1. The average Bonchev–Trinajstić information content (AvgIpc) is 2.90. The molecule has 8 rings (SSSR count). The van der Waals surface area contributed by atoms with Crippen LogP contribution in [0, 0.1) is 12.3 Å². The fourth-order valence-corrected chi connectivity index (χ4v) is 7.31. The van der Waals surface area contributed by atoms with E-state index in [1.54, 1.807) is 28.6 Å². The fourth-order valence-electron chi connectivity index (χ4n) is 5.54. The lowest BCUT2D eigenvalue weighted by atomic mass is 9.79. The molecule has 0 N–H and O–H groups in total. The van der Waals surface area contributed by atoms with Crippen molar-refractivity contribution in [3.63, 3.8) is 0 Å². The van der Waals surface area contributed by atoms with E-state index in [0.717, 1.165) is 43.8 Å². The number of carbonyl (C=O) groups is 1. The van der Waals surface area contributed by atoms with Crippen molar-refractivity contribution in [2.45, 2.75) is 11.3 Å². The van der Waals surface area contributed by atoms with Crippen molar-refractivity contribution in [2.75, 3.05) is 0 Å². The summed E-state index contributed by atoms with van der Waals surface area (Å²) in [6.45, 7) is 0. The third-order valence-corrected chi connectivity index (χ3v) is 8.86. The number of hydrogen-bond donors (Lipinski definition) is 0. The highest BCUT2D eigenvalue weighted by atomic mass is 32.2. The van der Waals surface area contributed by atoms with Crippen LogP contribution in [0.1, 0.15) is 49.5 Å². The Balaban J connectivity index is 1.49. The second-order valence-electron chi connectivity index (χ2n) is 9.07. The maximum Gasteiger partial charge on any atom is 0.266 e. The Bertz CT molecular complexity index is 1680. The van der Waals surface area contributed by atoms with Gasteiger partial charge in [-0.15, -0.1) is 6.42 Å². The highest BCUT2D eigenvalue weighted by Crippen LogP contribution is 2.54. The van der Waals surface area contributed by atoms with E-state index in [9.17, 15) is 9.00 Å². The lowest BCUT2D eigenvalue weighted by molar-refractivity contribution is 0.0834. The van der Waals surface area contributed by atoms with Crippen molar-refractivity contribution >= 4 is 38.4 Å². The molecule has 0 saturated heterocycles. The Kier molecular flexibility index (Phi) is 4.27. The summed E-state index contributed by atoms with van der Waals surface area (Å²) < 4.78 is 15.7. The molecule has 0 fully saturated rings. The summed E-state index contributed by atoms with van der Waals surface area (Å²) in [5, 5.41) is 4.03.